The molecule has 0 aliphatic heterocycles. The van der Waals surface area contributed by atoms with Crippen LogP contribution in [0.5, 0.6) is 5.75 Å². The standard InChI is InChI=1S/C15H22N2O2.2C2H6.CH3N/c1-4-5-12(10-16-2)11-19-14-8-6-13(7-9-14)15(18)17-3;3*1-2/h6-10,16H,4-5,11H2,1-3H3,(H,17,18);2*1-2H3;2H,1H2/b12-10+;;;. The summed E-state index contributed by atoms with van der Waals surface area (Å²) < 4.78 is 5.70. The molecule has 0 bridgehead atoms. The Morgan fingerprint density at radius 2 is 1.64 bits per heavy atom. The van der Waals surface area contributed by atoms with E-state index in [0.29, 0.717) is 12.2 Å². The van der Waals surface area contributed by atoms with Crippen LogP contribution in [-0.4, -0.2) is 33.3 Å². The van der Waals surface area contributed by atoms with Gasteiger partial charge in [-0.2, -0.15) is 0 Å². The first kappa shape index (κ1) is 27.5. The first-order valence-electron chi connectivity index (χ1n) is 8.86. The molecule has 0 fully saturated rings. The maximum Gasteiger partial charge on any atom is 0.251 e. The molecule has 0 aliphatic carbocycles. The van der Waals surface area contributed by atoms with Gasteiger partial charge in [-0.1, -0.05) is 41.0 Å². The largest absolute Gasteiger partial charge is 0.489 e. The molecular formula is C20H37N3O2. The molecule has 0 aliphatic rings. The summed E-state index contributed by atoms with van der Waals surface area (Å²) in [5.74, 6) is 0.680. The average molecular weight is 352 g/mol. The predicted octanol–water partition coefficient (Wildman–Crippen LogP) is 4.65. The first-order valence-corrected chi connectivity index (χ1v) is 8.86. The first-order chi connectivity index (χ1) is 12.2. The lowest BCUT2D eigenvalue weighted by Gasteiger charge is -2.10. The number of carbonyl (C=O) groups excluding carboxylic acids is 1. The zero-order chi connectivity index (χ0) is 20.1. The van der Waals surface area contributed by atoms with Crippen molar-refractivity contribution in [2.45, 2.75) is 47.5 Å². The molecule has 0 saturated carbocycles. The second kappa shape index (κ2) is 21.7. The van der Waals surface area contributed by atoms with Gasteiger partial charge in [0.15, 0.2) is 0 Å². The molecule has 0 heterocycles. The second-order valence-electron chi connectivity index (χ2n) is 4.23. The predicted molar refractivity (Wildman–Crippen MR) is 110 cm³/mol. The second-order valence-corrected chi connectivity index (χ2v) is 4.23. The minimum absolute atomic E-state index is 0.0895. The Hall–Kier alpha value is -2.30. The van der Waals surface area contributed by atoms with E-state index in [-0.39, 0.29) is 5.91 Å². The Balaban J connectivity index is -0.000000725. The van der Waals surface area contributed by atoms with Gasteiger partial charge in [0, 0.05) is 19.7 Å². The fraction of sp³-hybridized carbons (Fsp3) is 0.500. The number of benzene rings is 1. The Kier molecular flexibility index (Phi) is 23.9. The maximum absolute atomic E-state index is 11.4. The molecule has 5 nitrogen and oxygen atoms in total. The summed E-state index contributed by atoms with van der Waals surface area (Å²) in [4.78, 5) is 11.4. The summed E-state index contributed by atoms with van der Waals surface area (Å²) >= 11 is 0. The molecule has 0 unspecified atom stereocenters. The van der Waals surface area contributed by atoms with Gasteiger partial charge in [-0.3, -0.25) is 4.79 Å². The van der Waals surface area contributed by atoms with E-state index in [1.807, 2.05) is 53.1 Å². The van der Waals surface area contributed by atoms with E-state index in [4.69, 9.17) is 10.1 Å². The lowest BCUT2D eigenvalue weighted by atomic mass is 10.2. The molecule has 5 heteroatoms. The maximum atomic E-state index is 11.4. The van der Waals surface area contributed by atoms with Crippen molar-refractivity contribution in [1.82, 2.24) is 10.6 Å². The zero-order valence-electron chi connectivity index (χ0n) is 17.0. The molecule has 1 amide bonds. The van der Waals surface area contributed by atoms with E-state index < -0.39 is 0 Å². The van der Waals surface area contributed by atoms with Gasteiger partial charge in [-0.15, -0.1) is 0 Å². The SMILES string of the molecule is C=N.CC.CC.CCC/C(=C\NC)COc1ccc(C(=O)NC)cc1. The van der Waals surface area contributed by atoms with Crippen molar-refractivity contribution in [3.63, 3.8) is 0 Å². The van der Waals surface area contributed by atoms with Crippen LogP contribution in [0.15, 0.2) is 36.0 Å². The highest BCUT2D eigenvalue weighted by Gasteiger charge is 2.03. The molecule has 0 spiro atoms. The van der Waals surface area contributed by atoms with Gasteiger partial charge in [0.2, 0.25) is 0 Å². The third kappa shape index (κ3) is 13.8. The molecule has 144 valence electrons. The summed E-state index contributed by atoms with van der Waals surface area (Å²) in [6.45, 7) is 13.2. The topological polar surface area (TPSA) is 74.2 Å². The van der Waals surface area contributed by atoms with Crippen LogP contribution in [0.2, 0.25) is 0 Å². The van der Waals surface area contributed by atoms with Gasteiger partial charge in [-0.05, 0) is 49.2 Å². The van der Waals surface area contributed by atoms with E-state index in [0.717, 1.165) is 18.6 Å². The highest BCUT2D eigenvalue weighted by molar-refractivity contribution is 5.94. The highest BCUT2D eigenvalue weighted by Crippen LogP contribution is 2.14. The van der Waals surface area contributed by atoms with Crippen LogP contribution >= 0.6 is 0 Å². The molecule has 0 aromatic heterocycles. The summed E-state index contributed by atoms with van der Waals surface area (Å²) in [7, 11) is 3.50. The van der Waals surface area contributed by atoms with Crippen molar-refractivity contribution < 1.29 is 9.53 Å². The third-order valence-corrected chi connectivity index (χ3v) is 2.69. The van der Waals surface area contributed by atoms with Crippen molar-refractivity contribution >= 4 is 12.6 Å². The average Bonchev–Trinajstić information content (AvgIpc) is 2.71. The van der Waals surface area contributed by atoms with Crippen LogP contribution in [0, 0.1) is 5.41 Å². The number of nitrogens with one attached hydrogen (secondary N) is 3. The van der Waals surface area contributed by atoms with E-state index in [1.165, 1.54) is 5.57 Å². The lowest BCUT2D eigenvalue weighted by Crippen LogP contribution is -2.17. The third-order valence-electron chi connectivity index (χ3n) is 2.69. The Labute approximate surface area is 154 Å². The van der Waals surface area contributed by atoms with Gasteiger partial charge >= 0.3 is 0 Å². The number of amides is 1. The number of ether oxygens (including phenoxy) is 1. The molecule has 25 heavy (non-hydrogen) atoms. The summed E-state index contributed by atoms with van der Waals surface area (Å²) in [6.07, 6.45) is 4.08. The highest BCUT2D eigenvalue weighted by atomic mass is 16.5. The van der Waals surface area contributed by atoms with Crippen LogP contribution in [0.4, 0.5) is 0 Å². The molecule has 1 aromatic carbocycles. The normalized spacial score (nSPS) is 9.00. The molecule has 3 N–H and O–H groups in total. The molecule has 0 radical (unpaired) electrons. The van der Waals surface area contributed by atoms with Crippen LogP contribution < -0.4 is 15.4 Å². The number of carbonyl (C=O) groups is 1. The van der Waals surface area contributed by atoms with E-state index in [2.05, 4.69) is 24.3 Å². The minimum Gasteiger partial charge on any atom is -0.489 e. The molecule has 0 saturated heterocycles. The lowest BCUT2D eigenvalue weighted by molar-refractivity contribution is 0.0963. The Morgan fingerprint density at radius 1 is 1.12 bits per heavy atom. The van der Waals surface area contributed by atoms with Crippen molar-refractivity contribution in [3.05, 3.63) is 41.6 Å². The smallest absolute Gasteiger partial charge is 0.251 e. The van der Waals surface area contributed by atoms with Crippen molar-refractivity contribution in [1.29, 1.82) is 5.41 Å². The van der Waals surface area contributed by atoms with Crippen LogP contribution in [-0.2, 0) is 0 Å². The zero-order valence-corrected chi connectivity index (χ0v) is 17.0. The van der Waals surface area contributed by atoms with E-state index >= 15 is 0 Å². The van der Waals surface area contributed by atoms with Gasteiger partial charge in [0.1, 0.15) is 12.4 Å². The van der Waals surface area contributed by atoms with E-state index in [1.54, 1.807) is 19.2 Å². The Morgan fingerprint density at radius 3 is 2.04 bits per heavy atom. The van der Waals surface area contributed by atoms with Crippen molar-refractivity contribution in [2.24, 2.45) is 0 Å². The fourth-order valence-electron chi connectivity index (χ4n) is 1.73. The summed E-state index contributed by atoms with van der Waals surface area (Å²) in [5, 5.41) is 11.1. The molecule has 0 atom stereocenters. The number of rotatable bonds is 7. The van der Waals surface area contributed by atoms with Gasteiger partial charge in [0.25, 0.3) is 5.91 Å². The molecule has 1 aromatic rings. The minimum atomic E-state index is -0.0895. The van der Waals surface area contributed by atoms with Gasteiger partial charge in [-0.25, -0.2) is 0 Å². The summed E-state index contributed by atoms with van der Waals surface area (Å²) in [5.41, 5.74) is 1.86. The quantitative estimate of drug-likeness (QED) is 0.626. The summed E-state index contributed by atoms with van der Waals surface area (Å²) in [6, 6.07) is 7.14. The van der Waals surface area contributed by atoms with E-state index in [9.17, 15) is 4.79 Å². The van der Waals surface area contributed by atoms with Crippen molar-refractivity contribution in [3.8, 4) is 5.75 Å². The monoisotopic (exact) mass is 351 g/mol. The van der Waals surface area contributed by atoms with Gasteiger partial charge < -0.3 is 20.8 Å². The number of hydrogen-bond donors (Lipinski definition) is 3. The van der Waals surface area contributed by atoms with Crippen LogP contribution in [0.3, 0.4) is 0 Å². The Bertz CT molecular complexity index is 443. The van der Waals surface area contributed by atoms with Gasteiger partial charge in [0.05, 0.1) is 0 Å². The van der Waals surface area contributed by atoms with Crippen LogP contribution in [0.25, 0.3) is 0 Å². The van der Waals surface area contributed by atoms with Crippen LogP contribution in [0.1, 0.15) is 57.8 Å². The van der Waals surface area contributed by atoms with Crippen molar-refractivity contribution in [2.75, 3.05) is 20.7 Å². The number of hydrogen-bond acceptors (Lipinski definition) is 4. The fourth-order valence-corrected chi connectivity index (χ4v) is 1.73. The molecular weight excluding hydrogens is 314 g/mol. The molecule has 1 rings (SSSR count).